The molecule has 0 spiro atoms. The summed E-state index contributed by atoms with van der Waals surface area (Å²) < 4.78 is 4.61. The Balaban J connectivity index is 2.42. The van der Waals surface area contributed by atoms with Gasteiger partial charge in [0, 0.05) is 18.8 Å². The molecule has 0 aromatic carbocycles. The lowest BCUT2D eigenvalue weighted by molar-refractivity contribution is -0.140. The number of rotatable bonds is 12. The molecule has 1 aliphatic rings. The number of methoxy groups -OCH3 is 1. The third kappa shape index (κ3) is 8.31. The van der Waals surface area contributed by atoms with Gasteiger partial charge in [-0.2, -0.15) is 0 Å². The van der Waals surface area contributed by atoms with Gasteiger partial charge in [-0.15, -0.1) is 0 Å². The Morgan fingerprint density at radius 3 is 2.81 bits per heavy atom. The average molecular weight is 365 g/mol. The number of ketones is 1. The van der Waals surface area contributed by atoms with Gasteiger partial charge in [0.05, 0.1) is 13.2 Å². The normalized spacial score (nSPS) is 23.0. The summed E-state index contributed by atoms with van der Waals surface area (Å²) in [4.78, 5) is 23.2. The first-order chi connectivity index (χ1) is 12.5. The zero-order valence-electron chi connectivity index (χ0n) is 16.7. The van der Waals surface area contributed by atoms with Crippen molar-refractivity contribution in [3.63, 3.8) is 0 Å². The maximum absolute atomic E-state index is 12.2. The van der Waals surface area contributed by atoms with Gasteiger partial charge in [0.1, 0.15) is 5.78 Å². The molecule has 1 aliphatic carbocycles. The van der Waals surface area contributed by atoms with Crippen LogP contribution in [0.25, 0.3) is 0 Å². The van der Waals surface area contributed by atoms with E-state index >= 15 is 0 Å². The number of esters is 1. The maximum atomic E-state index is 12.2. The Labute approximate surface area is 158 Å². The van der Waals surface area contributed by atoms with E-state index in [2.05, 4.69) is 36.8 Å². The van der Waals surface area contributed by atoms with E-state index in [1.807, 2.05) is 6.08 Å². The Bertz CT molecular complexity index is 481. The smallest absolute Gasteiger partial charge is 0.305 e. The van der Waals surface area contributed by atoms with Crippen molar-refractivity contribution in [3.8, 4) is 0 Å². The highest BCUT2D eigenvalue weighted by molar-refractivity contribution is 5.83. The van der Waals surface area contributed by atoms with Gasteiger partial charge in [-0.1, -0.05) is 51.0 Å². The summed E-state index contributed by atoms with van der Waals surface area (Å²) in [6.45, 7) is 4.24. The van der Waals surface area contributed by atoms with Crippen LogP contribution in [-0.2, 0) is 14.3 Å². The van der Waals surface area contributed by atoms with Gasteiger partial charge >= 0.3 is 5.97 Å². The zero-order chi connectivity index (χ0) is 19.4. The predicted octanol–water partition coefficient (Wildman–Crippen LogP) is 4.61. The fraction of sp³-hybridized carbons (Fsp3) is 0.727. The standard InChI is InChI=1S/C22H36O4/c1-4-5-10-17(2)20(23)15-13-18-14-16-21(24)19(18)11-8-6-7-9-12-22(25)26-3/h6,8,13,15,17-20,23H,4-5,7,9-12,14,16H2,1-3H3/b8-6+,15-13+. The number of aliphatic hydroxyl groups is 1. The van der Waals surface area contributed by atoms with Crippen molar-refractivity contribution in [1.29, 1.82) is 0 Å². The van der Waals surface area contributed by atoms with Crippen molar-refractivity contribution in [3.05, 3.63) is 24.3 Å². The number of hydrogen-bond donors (Lipinski definition) is 1. The number of Topliss-reactive ketones (excluding diaryl/α,β-unsaturated/α-hetero) is 1. The van der Waals surface area contributed by atoms with E-state index in [9.17, 15) is 14.7 Å². The molecule has 1 N–H and O–H groups in total. The van der Waals surface area contributed by atoms with Gasteiger partial charge in [0.2, 0.25) is 0 Å². The second kappa shape index (κ2) is 12.9. The van der Waals surface area contributed by atoms with Crippen LogP contribution in [-0.4, -0.2) is 30.1 Å². The molecule has 0 amide bonds. The summed E-state index contributed by atoms with van der Waals surface area (Å²) in [6.07, 6.45) is 15.3. The van der Waals surface area contributed by atoms with Crippen LogP contribution in [0.4, 0.5) is 0 Å². The van der Waals surface area contributed by atoms with Crippen LogP contribution in [0.5, 0.6) is 0 Å². The van der Waals surface area contributed by atoms with Gasteiger partial charge in [-0.3, -0.25) is 9.59 Å². The van der Waals surface area contributed by atoms with Crippen molar-refractivity contribution >= 4 is 11.8 Å². The summed E-state index contributed by atoms with van der Waals surface area (Å²) in [5.74, 6) is 0.668. The summed E-state index contributed by atoms with van der Waals surface area (Å²) >= 11 is 0. The van der Waals surface area contributed by atoms with E-state index in [1.165, 1.54) is 7.11 Å². The van der Waals surface area contributed by atoms with Crippen LogP contribution in [0.2, 0.25) is 0 Å². The van der Waals surface area contributed by atoms with Crippen LogP contribution in [0.1, 0.15) is 71.6 Å². The molecule has 0 aliphatic heterocycles. The number of carbonyl (C=O) groups excluding carboxylic acids is 2. The predicted molar refractivity (Wildman–Crippen MR) is 105 cm³/mol. The Kier molecular flexibility index (Phi) is 11.2. The molecule has 148 valence electrons. The van der Waals surface area contributed by atoms with E-state index in [-0.39, 0.29) is 23.7 Å². The second-order valence-corrected chi connectivity index (χ2v) is 7.45. The lowest BCUT2D eigenvalue weighted by Gasteiger charge is -2.17. The van der Waals surface area contributed by atoms with Crippen LogP contribution in [0, 0.1) is 17.8 Å². The van der Waals surface area contributed by atoms with Crippen LogP contribution in [0.3, 0.4) is 0 Å². The molecular formula is C22H36O4. The van der Waals surface area contributed by atoms with Crippen LogP contribution >= 0.6 is 0 Å². The third-order valence-electron chi connectivity index (χ3n) is 5.34. The number of hydrogen-bond acceptors (Lipinski definition) is 4. The summed E-state index contributed by atoms with van der Waals surface area (Å²) in [5, 5.41) is 10.3. The molecule has 4 atom stereocenters. The molecular weight excluding hydrogens is 328 g/mol. The van der Waals surface area contributed by atoms with Crippen molar-refractivity contribution in [2.24, 2.45) is 17.8 Å². The zero-order valence-corrected chi connectivity index (χ0v) is 16.7. The highest BCUT2D eigenvalue weighted by Gasteiger charge is 2.32. The first-order valence-corrected chi connectivity index (χ1v) is 10.1. The van der Waals surface area contributed by atoms with Crippen molar-refractivity contribution in [1.82, 2.24) is 0 Å². The minimum atomic E-state index is -0.424. The Morgan fingerprint density at radius 2 is 2.12 bits per heavy atom. The van der Waals surface area contributed by atoms with Gasteiger partial charge < -0.3 is 9.84 Å². The van der Waals surface area contributed by atoms with Crippen molar-refractivity contribution in [2.75, 3.05) is 7.11 Å². The average Bonchev–Trinajstić information content (AvgIpc) is 2.99. The molecule has 0 heterocycles. The van der Waals surface area contributed by atoms with Gasteiger partial charge in [0.15, 0.2) is 0 Å². The molecule has 0 bridgehead atoms. The van der Waals surface area contributed by atoms with E-state index in [1.54, 1.807) is 0 Å². The molecule has 1 rings (SSSR count). The molecule has 0 radical (unpaired) electrons. The lowest BCUT2D eigenvalue weighted by atomic mass is 9.90. The Morgan fingerprint density at radius 1 is 1.35 bits per heavy atom. The van der Waals surface area contributed by atoms with Crippen molar-refractivity contribution < 1.29 is 19.4 Å². The molecule has 0 aromatic heterocycles. The fourth-order valence-corrected chi connectivity index (χ4v) is 3.44. The largest absolute Gasteiger partial charge is 0.469 e. The SMILES string of the molecule is CCCCC(C)C(O)/C=C/C1CCC(=O)C1C/C=C/CCCC(=O)OC. The highest BCUT2D eigenvalue weighted by atomic mass is 16.5. The second-order valence-electron chi connectivity index (χ2n) is 7.45. The quantitative estimate of drug-likeness (QED) is 0.312. The third-order valence-corrected chi connectivity index (χ3v) is 5.34. The molecule has 4 heteroatoms. The van der Waals surface area contributed by atoms with Crippen LogP contribution < -0.4 is 0 Å². The molecule has 1 fully saturated rings. The molecule has 0 aromatic rings. The summed E-state index contributed by atoms with van der Waals surface area (Å²) in [6, 6.07) is 0. The van der Waals surface area contributed by atoms with Gasteiger partial charge in [0.25, 0.3) is 0 Å². The van der Waals surface area contributed by atoms with E-state index in [0.717, 1.165) is 44.9 Å². The molecule has 0 saturated heterocycles. The van der Waals surface area contributed by atoms with E-state index < -0.39 is 6.10 Å². The fourth-order valence-electron chi connectivity index (χ4n) is 3.44. The molecule has 4 unspecified atom stereocenters. The topological polar surface area (TPSA) is 63.6 Å². The van der Waals surface area contributed by atoms with Crippen LogP contribution in [0.15, 0.2) is 24.3 Å². The highest BCUT2D eigenvalue weighted by Crippen LogP contribution is 2.33. The molecule has 4 nitrogen and oxygen atoms in total. The maximum Gasteiger partial charge on any atom is 0.305 e. The first-order valence-electron chi connectivity index (χ1n) is 10.1. The van der Waals surface area contributed by atoms with Crippen molar-refractivity contribution in [2.45, 2.75) is 77.7 Å². The number of ether oxygens (including phenoxy) is 1. The number of aliphatic hydroxyl groups excluding tert-OH is 1. The summed E-state index contributed by atoms with van der Waals surface area (Å²) in [5.41, 5.74) is 0. The minimum Gasteiger partial charge on any atom is -0.469 e. The number of unbranched alkanes of at least 4 members (excludes halogenated alkanes) is 2. The first kappa shape index (κ1) is 22.6. The lowest BCUT2D eigenvalue weighted by Crippen LogP contribution is -2.16. The number of allylic oxidation sites excluding steroid dienone is 3. The number of carbonyl (C=O) groups is 2. The Hall–Kier alpha value is -1.42. The van der Waals surface area contributed by atoms with E-state index in [4.69, 9.17) is 0 Å². The molecule has 1 saturated carbocycles. The monoisotopic (exact) mass is 364 g/mol. The van der Waals surface area contributed by atoms with Gasteiger partial charge in [-0.25, -0.2) is 0 Å². The molecule has 26 heavy (non-hydrogen) atoms. The minimum absolute atomic E-state index is 0.0289. The van der Waals surface area contributed by atoms with E-state index in [0.29, 0.717) is 18.6 Å². The van der Waals surface area contributed by atoms with Gasteiger partial charge in [-0.05, 0) is 43.9 Å². The summed E-state index contributed by atoms with van der Waals surface area (Å²) in [7, 11) is 1.40.